The van der Waals surface area contributed by atoms with Gasteiger partial charge in [0.1, 0.15) is 12.0 Å². The van der Waals surface area contributed by atoms with Gasteiger partial charge < -0.3 is 4.90 Å². The molecule has 8 nitrogen and oxygen atoms in total. The fraction of sp³-hybridized carbons (Fsp3) is 0.423. The minimum atomic E-state index is -0.152. The molecule has 2 saturated heterocycles. The van der Waals surface area contributed by atoms with E-state index in [0.717, 1.165) is 43.5 Å². The van der Waals surface area contributed by atoms with Crippen molar-refractivity contribution < 1.29 is 9.59 Å². The lowest BCUT2D eigenvalue weighted by Gasteiger charge is -2.45. The van der Waals surface area contributed by atoms with Crippen LogP contribution in [0.1, 0.15) is 54.2 Å². The van der Waals surface area contributed by atoms with Crippen LogP contribution in [-0.4, -0.2) is 66.5 Å². The first-order valence-electron chi connectivity index (χ1n) is 11.9. The second kappa shape index (κ2) is 9.10. The molecule has 0 aliphatic carbocycles. The minimum Gasteiger partial charge on any atom is -0.323 e. The third-order valence-corrected chi connectivity index (χ3v) is 7.26. The maximum atomic E-state index is 12.9. The maximum Gasteiger partial charge on any atom is 0.344 e. The molecule has 0 saturated carbocycles. The average molecular weight is 459 g/mol. The van der Waals surface area contributed by atoms with Crippen LogP contribution in [0.3, 0.4) is 0 Å². The largest absolute Gasteiger partial charge is 0.344 e. The Morgan fingerprint density at radius 3 is 2.47 bits per heavy atom. The van der Waals surface area contributed by atoms with Gasteiger partial charge in [-0.1, -0.05) is 17.7 Å². The number of piperidine rings is 1. The third-order valence-electron chi connectivity index (χ3n) is 7.26. The quantitative estimate of drug-likeness (QED) is 0.551. The topological polar surface area (TPSA) is 84.2 Å². The average Bonchev–Trinajstić information content (AvgIpc) is 3.48. The fourth-order valence-electron chi connectivity index (χ4n) is 5.47. The van der Waals surface area contributed by atoms with Gasteiger partial charge in [-0.05, 0) is 62.4 Å². The first-order chi connectivity index (χ1) is 16.4. The summed E-state index contributed by atoms with van der Waals surface area (Å²) < 4.78 is 1.29. The van der Waals surface area contributed by atoms with Crippen LogP contribution in [0.5, 0.6) is 0 Å². The molecule has 0 N–H and O–H groups in total. The van der Waals surface area contributed by atoms with Gasteiger partial charge in [0.25, 0.3) is 0 Å². The summed E-state index contributed by atoms with van der Waals surface area (Å²) in [4.78, 5) is 37.3. The molecular formula is C26H30N6O2. The van der Waals surface area contributed by atoms with E-state index in [-0.39, 0.29) is 17.4 Å². The highest BCUT2D eigenvalue weighted by Crippen LogP contribution is 2.39. The highest BCUT2D eigenvalue weighted by Gasteiger charge is 2.43. The van der Waals surface area contributed by atoms with Crippen molar-refractivity contribution >= 4 is 11.8 Å². The Labute approximate surface area is 199 Å². The monoisotopic (exact) mass is 458 g/mol. The predicted molar refractivity (Wildman–Crippen MR) is 128 cm³/mol. The van der Waals surface area contributed by atoms with E-state index in [4.69, 9.17) is 0 Å². The SMILES string of the molecule is CC(=O)c1ccn(C(=O)N2CCC3(CCCN3Cc3cc(C)cc(-c4cncnc4)c3)CC2)n1. The van der Waals surface area contributed by atoms with Crippen molar-refractivity contribution in [1.29, 1.82) is 0 Å². The number of amides is 1. The molecule has 4 heterocycles. The Balaban J connectivity index is 1.28. The first kappa shape index (κ1) is 22.4. The summed E-state index contributed by atoms with van der Waals surface area (Å²) in [5.74, 6) is -0.134. The van der Waals surface area contributed by atoms with Crippen molar-refractivity contribution in [2.45, 2.75) is 51.6 Å². The Bertz CT molecular complexity index is 1200. The van der Waals surface area contributed by atoms with Crippen LogP contribution in [-0.2, 0) is 6.54 Å². The zero-order valence-electron chi connectivity index (χ0n) is 19.8. The first-order valence-corrected chi connectivity index (χ1v) is 11.9. The van der Waals surface area contributed by atoms with Gasteiger partial charge in [-0.2, -0.15) is 9.78 Å². The van der Waals surface area contributed by atoms with Crippen LogP contribution >= 0.6 is 0 Å². The molecule has 8 heteroatoms. The number of Topliss-reactive ketones (excluding diaryl/α,β-unsaturated/α-hetero) is 1. The van der Waals surface area contributed by atoms with Crippen LogP contribution in [0.25, 0.3) is 11.1 Å². The standard InChI is InChI=1S/C26H30N6O2/c1-19-12-21(14-22(13-19)23-15-27-18-28-16-23)17-31-8-3-5-26(31)6-10-30(11-7-26)25(34)32-9-4-24(29-32)20(2)33/h4,9,12-16,18H,3,5-8,10-11,17H2,1-2H3. The van der Waals surface area contributed by atoms with E-state index in [1.165, 1.54) is 29.2 Å². The zero-order chi connectivity index (χ0) is 23.7. The Morgan fingerprint density at radius 1 is 1.00 bits per heavy atom. The molecule has 2 aliphatic rings. The van der Waals surface area contributed by atoms with Gasteiger partial charge >= 0.3 is 6.03 Å². The van der Waals surface area contributed by atoms with Crippen LogP contribution < -0.4 is 0 Å². The van der Waals surface area contributed by atoms with Crippen molar-refractivity contribution in [2.24, 2.45) is 0 Å². The second-order valence-electron chi connectivity index (χ2n) is 9.56. The highest BCUT2D eigenvalue weighted by atomic mass is 16.2. The van der Waals surface area contributed by atoms with Gasteiger partial charge in [0.05, 0.1) is 0 Å². The summed E-state index contributed by atoms with van der Waals surface area (Å²) in [6.07, 6.45) is 11.1. The number of benzene rings is 1. The summed E-state index contributed by atoms with van der Waals surface area (Å²) in [6, 6.07) is 8.14. The molecule has 34 heavy (non-hydrogen) atoms. The molecule has 0 bridgehead atoms. The molecular weight excluding hydrogens is 428 g/mol. The van der Waals surface area contributed by atoms with Crippen LogP contribution in [0.2, 0.25) is 0 Å². The number of hydrogen-bond acceptors (Lipinski definition) is 6. The van der Waals surface area contributed by atoms with Gasteiger partial charge in [-0.25, -0.2) is 14.8 Å². The van der Waals surface area contributed by atoms with E-state index in [0.29, 0.717) is 18.8 Å². The fourth-order valence-corrected chi connectivity index (χ4v) is 5.47. The predicted octanol–water partition coefficient (Wildman–Crippen LogP) is 3.95. The van der Waals surface area contributed by atoms with E-state index in [1.807, 2.05) is 17.3 Å². The number of rotatable bonds is 4. The van der Waals surface area contributed by atoms with E-state index in [1.54, 1.807) is 18.6 Å². The smallest absolute Gasteiger partial charge is 0.323 e. The molecule has 176 valence electrons. The molecule has 0 radical (unpaired) electrons. The highest BCUT2D eigenvalue weighted by molar-refractivity contribution is 5.92. The van der Waals surface area contributed by atoms with Crippen molar-refractivity contribution in [3.8, 4) is 11.1 Å². The molecule has 1 amide bonds. The Hall–Kier alpha value is -3.39. The maximum absolute atomic E-state index is 12.9. The van der Waals surface area contributed by atoms with Gasteiger partial charge in [-0.15, -0.1) is 0 Å². The summed E-state index contributed by atoms with van der Waals surface area (Å²) in [7, 11) is 0. The molecule has 0 atom stereocenters. The Kier molecular flexibility index (Phi) is 6.00. The zero-order valence-corrected chi connectivity index (χ0v) is 19.8. The van der Waals surface area contributed by atoms with Gasteiger partial charge in [-0.3, -0.25) is 9.69 Å². The molecule has 0 unspecified atom stereocenters. The van der Waals surface area contributed by atoms with E-state index < -0.39 is 0 Å². The van der Waals surface area contributed by atoms with Crippen molar-refractivity contribution in [1.82, 2.24) is 29.5 Å². The van der Waals surface area contributed by atoms with Crippen LogP contribution in [0.15, 0.2) is 49.2 Å². The van der Waals surface area contributed by atoms with Crippen LogP contribution in [0.4, 0.5) is 4.79 Å². The lowest BCUT2D eigenvalue weighted by atomic mass is 9.84. The van der Waals surface area contributed by atoms with Crippen molar-refractivity contribution in [3.05, 3.63) is 66.0 Å². The van der Waals surface area contributed by atoms with E-state index >= 15 is 0 Å². The summed E-state index contributed by atoms with van der Waals surface area (Å²) in [5.41, 5.74) is 5.16. The van der Waals surface area contributed by atoms with Crippen molar-refractivity contribution in [2.75, 3.05) is 19.6 Å². The lowest BCUT2D eigenvalue weighted by molar-refractivity contribution is 0.0584. The molecule has 5 rings (SSSR count). The second-order valence-corrected chi connectivity index (χ2v) is 9.56. The molecule has 2 aliphatic heterocycles. The van der Waals surface area contributed by atoms with Crippen LogP contribution in [0, 0.1) is 6.92 Å². The number of hydrogen-bond donors (Lipinski definition) is 0. The summed E-state index contributed by atoms with van der Waals surface area (Å²) >= 11 is 0. The molecule has 2 aromatic heterocycles. The number of ketones is 1. The number of aromatic nitrogens is 4. The third kappa shape index (κ3) is 4.37. The number of carbonyl (C=O) groups is 2. The Morgan fingerprint density at radius 2 is 1.76 bits per heavy atom. The van der Waals surface area contributed by atoms with Gasteiger partial charge in [0.2, 0.25) is 0 Å². The van der Waals surface area contributed by atoms with E-state index in [2.05, 4.69) is 45.1 Å². The van der Waals surface area contributed by atoms with Gasteiger partial charge in [0, 0.05) is 56.3 Å². The van der Waals surface area contributed by atoms with E-state index in [9.17, 15) is 9.59 Å². The molecule has 1 aromatic carbocycles. The minimum absolute atomic E-state index is 0.130. The number of aryl methyl sites for hydroxylation is 1. The molecule has 3 aromatic rings. The number of nitrogens with zero attached hydrogens (tertiary/aromatic N) is 6. The van der Waals surface area contributed by atoms with Gasteiger partial charge in [0.15, 0.2) is 5.78 Å². The lowest BCUT2D eigenvalue weighted by Crippen LogP contribution is -2.53. The molecule has 2 fully saturated rings. The summed E-state index contributed by atoms with van der Waals surface area (Å²) in [6.45, 7) is 6.97. The number of likely N-dealkylation sites (tertiary alicyclic amines) is 2. The summed E-state index contributed by atoms with van der Waals surface area (Å²) in [5, 5.41) is 4.14. The number of carbonyl (C=O) groups excluding carboxylic acids is 2. The van der Waals surface area contributed by atoms with Crippen molar-refractivity contribution in [3.63, 3.8) is 0 Å². The normalized spacial score (nSPS) is 17.9. The molecule has 1 spiro atoms.